The van der Waals surface area contributed by atoms with Gasteiger partial charge in [-0.15, -0.1) is 0 Å². The number of aromatic hydroxyl groups is 1. The van der Waals surface area contributed by atoms with E-state index in [9.17, 15) is 20.0 Å². The summed E-state index contributed by atoms with van der Waals surface area (Å²) in [6.45, 7) is 0. The number of aromatic amines is 1. The molecule has 0 unspecified atom stereocenters. The van der Waals surface area contributed by atoms with Crippen LogP contribution >= 0.6 is 0 Å². The maximum absolute atomic E-state index is 10.9. The van der Waals surface area contributed by atoms with E-state index < -0.39 is 16.7 Å². The van der Waals surface area contributed by atoms with Crippen molar-refractivity contribution in [2.24, 2.45) is 5.73 Å². The Kier molecular flexibility index (Phi) is 2.68. The molecule has 2 rings (SSSR count). The number of hydrogen-bond donors (Lipinski definition) is 3. The summed E-state index contributed by atoms with van der Waals surface area (Å²) in [6.07, 6.45) is 0. The van der Waals surface area contributed by atoms with Gasteiger partial charge in [0, 0.05) is 17.7 Å². The Bertz CT molecular complexity index is 635. The fraction of sp³-hybridized carbons (Fsp3) is 0. The quantitative estimate of drug-likeness (QED) is 0.545. The topological polar surface area (TPSA) is 135 Å². The number of imidazole rings is 1. The van der Waals surface area contributed by atoms with Crippen molar-refractivity contribution in [3.8, 4) is 17.3 Å². The van der Waals surface area contributed by atoms with E-state index in [4.69, 9.17) is 5.73 Å². The summed E-state index contributed by atoms with van der Waals surface area (Å²) in [6, 6.07) is 5.61. The zero-order valence-electron chi connectivity index (χ0n) is 8.95. The Morgan fingerprint density at radius 1 is 1.50 bits per heavy atom. The van der Waals surface area contributed by atoms with Crippen LogP contribution in [0.3, 0.4) is 0 Å². The number of primary amides is 1. The molecular formula is C10H8N4O4. The maximum atomic E-state index is 10.9. The number of nitro groups is 1. The molecule has 1 heterocycles. The molecule has 8 heteroatoms. The van der Waals surface area contributed by atoms with E-state index in [1.807, 2.05) is 0 Å². The number of carbonyl (C=O) groups is 1. The van der Waals surface area contributed by atoms with Crippen LogP contribution in [0.5, 0.6) is 5.88 Å². The summed E-state index contributed by atoms with van der Waals surface area (Å²) < 4.78 is 0. The minimum atomic E-state index is -0.864. The highest BCUT2D eigenvalue weighted by molar-refractivity contribution is 5.93. The number of hydrogen-bond acceptors (Lipinski definition) is 5. The van der Waals surface area contributed by atoms with Crippen LogP contribution in [0.25, 0.3) is 11.4 Å². The van der Waals surface area contributed by atoms with E-state index in [1.165, 1.54) is 18.2 Å². The number of nitrogens with two attached hydrogens (primary N) is 1. The molecule has 0 saturated heterocycles. The van der Waals surface area contributed by atoms with E-state index in [0.717, 1.165) is 0 Å². The summed E-state index contributed by atoms with van der Waals surface area (Å²) in [5.41, 5.74) is 5.01. The molecule has 92 valence electrons. The lowest BCUT2D eigenvalue weighted by Gasteiger charge is -1.96. The third-order valence-electron chi connectivity index (χ3n) is 2.26. The molecule has 8 nitrogen and oxygen atoms in total. The van der Waals surface area contributed by atoms with Crippen LogP contribution in [-0.4, -0.2) is 25.9 Å². The fourth-order valence-corrected chi connectivity index (χ4v) is 1.44. The zero-order chi connectivity index (χ0) is 13.3. The van der Waals surface area contributed by atoms with Crippen molar-refractivity contribution in [2.45, 2.75) is 0 Å². The molecule has 18 heavy (non-hydrogen) atoms. The van der Waals surface area contributed by atoms with Gasteiger partial charge in [0.05, 0.1) is 4.92 Å². The number of nitrogens with one attached hydrogen (secondary N) is 1. The molecule has 0 radical (unpaired) electrons. The average molecular weight is 248 g/mol. The van der Waals surface area contributed by atoms with Crippen molar-refractivity contribution in [3.63, 3.8) is 0 Å². The van der Waals surface area contributed by atoms with Gasteiger partial charge < -0.3 is 15.8 Å². The van der Waals surface area contributed by atoms with E-state index in [2.05, 4.69) is 9.97 Å². The third-order valence-corrected chi connectivity index (χ3v) is 2.26. The van der Waals surface area contributed by atoms with Gasteiger partial charge in [-0.2, -0.15) is 4.98 Å². The number of non-ortho nitro benzene ring substituents is 1. The van der Waals surface area contributed by atoms with Gasteiger partial charge in [0.25, 0.3) is 11.6 Å². The van der Waals surface area contributed by atoms with Crippen LogP contribution in [0.15, 0.2) is 24.3 Å². The Labute approximate surface area is 100 Å². The molecular weight excluding hydrogens is 240 g/mol. The van der Waals surface area contributed by atoms with E-state index in [-0.39, 0.29) is 17.2 Å². The summed E-state index contributed by atoms with van der Waals surface area (Å²) in [4.78, 5) is 27.2. The molecule has 2 aromatic rings. The first-order chi connectivity index (χ1) is 8.49. The van der Waals surface area contributed by atoms with Crippen LogP contribution in [0.1, 0.15) is 10.5 Å². The van der Waals surface area contributed by atoms with Gasteiger partial charge in [-0.25, -0.2) is 0 Å². The standard InChI is InChI=1S/C10H8N4O4/c11-8(15)7-10(16)13-9(12-7)5-2-1-3-6(4-5)14(17)18/h1-4,16H,(H2,11,15)(H,12,13). The maximum Gasteiger partial charge on any atom is 0.270 e. The van der Waals surface area contributed by atoms with Gasteiger partial charge in [-0.3, -0.25) is 14.9 Å². The molecule has 1 amide bonds. The predicted molar refractivity (Wildman–Crippen MR) is 60.9 cm³/mol. The van der Waals surface area contributed by atoms with Gasteiger partial charge in [0.2, 0.25) is 5.88 Å². The van der Waals surface area contributed by atoms with Crippen molar-refractivity contribution in [1.82, 2.24) is 9.97 Å². The van der Waals surface area contributed by atoms with Gasteiger partial charge in [0.15, 0.2) is 5.69 Å². The Balaban J connectivity index is 2.49. The fourth-order valence-electron chi connectivity index (χ4n) is 1.44. The van der Waals surface area contributed by atoms with Crippen LogP contribution in [0.2, 0.25) is 0 Å². The molecule has 1 aromatic carbocycles. The van der Waals surface area contributed by atoms with Crippen molar-refractivity contribution in [1.29, 1.82) is 0 Å². The highest BCUT2D eigenvalue weighted by atomic mass is 16.6. The molecule has 0 saturated carbocycles. The van der Waals surface area contributed by atoms with Gasteiger partial charge in [-0.1, -0.05) is 12.1 Å². The average Bonchev–Trinajstić information content (AvgIpc) is 2.71. The normalized spacial score (nSPS) is 10.2. The number of nitro benzene ring substituents is 1. The lowest BCUT2D eigenvalue weighted by Crippen LogP contribution is -2.11. The minimum Gasteiger partial charge on any atom is -0.492 e. The number of nitrogens with zero attached hydrogens (tertiary/aromatic N) is 2. The lowest BCUT2D eigenvalue weighted by atomic mass is 10.2. The molecule has 0 fully saturated rings. The lowest BCUT2D eigenvalue weighted by molar-refractivity contribution is -0.384. The molecule has 0 aliphatic heterocycles. The molecule has 0 aliphatic rings. The molecule has 0 bridgehead atoms. The van der Waals surface area contributed by atoms with Crippen molar-refractivity contribution in [3.05, 3.63) is 40.1 Å². The number of benzene rings is 1. The Hall–Kier alpha value is -2.90. The summed E-state index contributed by atoms with van der Waals surface area (Å²) in [5, 5.41) is 20.0. The van der Waals surface area contributed by atoms with Gasteiger partial charge in [-0.05, 0) is 0 Å². The summed E-state index contributed by atoms with van der Waals surface area (Å²) in [7, 11) is 0. The second kappa shape index (κ2) is 4.17. The monoisotopic (exact) mass is 248 g/mol. The van der Waals surface area contributed by atoms with Crippen LogP contribution in [-0.2, 0) is 0 Å². The smallest absolute Gasteiger partial charge is 0.270 e. The highest BCUT2D eigenvalue weighted by Gasteiger charge is 2.16. The number of rotatable bonds is 3. The number of aromatic nitrogens is 2. The van der Waals surface area contributed by atoms with Gasteiger partial charge >= 0.3 is 0 Å². The largest absolute Gasteiger partial charge is 0.492 e. The van der Waals surface area contributed by atoms with Crippen molar-refractivity contribution >= 4 is 11.6 Å². The molecule has 0 atom stereocenters. The predicted octanol–water partition coefficient (Wildman–Crippen LogP) is 0.789. The SMILES string of the molecule is NC(=O)c1[nH]c(-c2cccc([N+](=O)[O-])c2)nc1O. The number of H-pyrrole nitrogens is 1. The molecule has 0 spiro atoms. The molecule has 1 aromatic heterocycles. The van der Waals surface area contributed by atoms with E-state index >= 15 is 0 Å². The summed E-state index contributed by atoms with van der Waals surface area (Å²) >= 11 is 0. The first-order valence-electron chi connectivity index (χ1n) is 4.82. The Morgan fingerprint density at radius 3 is 2.78 bits per heavy atom. The number of carbonyl (C=O) groups excluding carboxylic acids is 1. The molecule has 4 N–H and O–H groups in total. The molecule has 0 aliphatic carbocycles. The summed E-state index contributed by atoms with van der Waals surface area (Å²) in [5.74, 6) is -1.27. The minimum absolute atomic E-state index is 0.121. The number of amides is 1. The van der Waals surface area contributed by atoms with Crippen LogP contribution < -0.4 is 5.73 Å². The first kappa shape index (κ1) is 11.6. The second-order valence-corrected chi connectivity index (χ2v) is 3.46. The van der Waals surface area contributed by atoms with E-state index in [0.29, 0.717) is 5.56 Å². The Morgan fingerprint density at radius 2 is 2.22 bits per heavy atom. The second-order valence-electron chi connectivity index (χ2n) is 3.46. The van der Waals surface area contributed by atoms with Crippen LogP contribution in [0, 0.1) is 10.1 Å². The van der Waals surface area contributed by atoms with E-state index in [1.54, 1.807) is 6.07 Å². The van der Waals surface area contributed by atoms with Gasteiger partial charge in [0.1, 0.15) is 5.82 Å². The highest BCUT2D eigenvalue weighted by Crippen LogP contribution is 2.24. The van der Waals surface area contributed by atoms with Crippen molar-refractivity contribution in [2.75, 3.05) is 0 Å². The van der Waals surface area contributed by atoms with Crippen LogP contribution in [0.4, 0.5) is 5.69 Å². The zero-order valence-corrected chi connectivity index (χ0v) is 8.95. The first-order valence-corrected chi connectivity index (χ1v) is 4.82. The third kappa shape index (κ3) is 1.98. The van der Waals surface area contributed by atoms with Crippen molar-refractivity contribution < 1.29 is 14.8 Å².